The molecule has 3 N–H and O–H groups in total. The maximum absolute atomic E-state index is 13.6. The zero-order valence-corrected chi connectivity index (χ0v) is 28.0. The fraction of sp³-hybridized carbons (Fsp3) is 0.400. The Morgan fingerprint density at radius 3 is 2.59 bits per heavy atom. The molecule has 0 unspecified atom stereocenters. The predicted molar refractivity (Wildman–Crippen MR) is 174 cm³/mol. The molecule has 1 amide bonds. The van der Waals surface area contributed by atoms with Crippen molar-refractivity contribution in [2.24, 2.45) is 0 Å². The number of anilines is 4. The van der Waals surface area contributed by atoms with Gasteiger partial charge in [0.1, 0.15) is 17.6 Å². The molecule has 1 fully saturated rings. The Morgan fingerprint density at radius 2 is 1.89 bits per heavy atom. The van der Waals surface area contributed by atoms with Crippen LogP contribution in [-0.2, 0) is 25.9 Å². The van der Waals surface area contributed by atoms with E-state index in [4.69, 9.17) is 9.47 Å². The van der Waals surface area contributed by atoms with Crippen LogP contribution in [0.2, 0.25) is 0 Å². The van der Waals surface area contributed by atoms with Gasteiger partial charge in [-0.2, -0.15) is 4.98 Å². The topological polar surface area (TPSA) is 152 Å². The molecule has 0 bridgehead atoms. The average molecular weight is 735 g/mol. The third-order valence-corrected chi connectivity index (χ3v) is 10.5. The number of carbonyl (C=O) groups is 2. The Bertz CT molecular complexity index is 1700. The molecule has 1 saturated heterocycles. The summed E-state index contributed by atoms with van der Waals surface area (Å²) in [5, 5.41) is 8.93. The van der Waals surface area contributed by atoms with Crippen LogP contribution in [0.15, 0.2) is 47.5 Å². The molecule has 0 spiro atoms. The van der Waals surface area contributed by atoms with E-state index in [1.165, 1.54) is 7.11 Å². The number of ether oxygens (including phenoxy) is 2. The molecule has 3 heterocycles. The average Bonchev–Trinajstić information content (AvgIpc) is 3.59. The molecule has 12 nitrogen and oxygen atoms in total. The van der Waals surface area contributed by atoms with Crippen molar-refractivity contribution in [3.05, 3.63) is 57.3 Å². The third kappa shape index (κ3) is 6.47. The molecule has 0 radical (unpaired) electrons. The lowest BCUT2D eigenvalue weighted by Gasteiger charge is -2.22. The fourth-order valence-electron chi connectivity index (χ4n) is 5.22. The fourth-order valence-corrected chi connectivity index (χ4v) is 6.81. The molecule has 5 rings (SSSR count). The summed E-state index contributed by atoms with van der Waals surface area (Å²) in [7, 11) is -2.20. The van der Waals surface area contributed by atoms with E-state index in [0.29, 0.717) is 51.6 Å². The van der Waals surface area contributed by atoms with E-state index in [-0.39, 0.29) is 34.9 Å². The molecule has 0 aliphatic carbocycles. The quantitative estimate of drug-likeness (QED) is 0.201. The number of hydrogen-bond acceptors (Lipinski definition) is 11. The van der Waals surface area contributed by atoms with Crippen LogP contribution in [0.25, 0.3) is 0 Å². The molecule has 2 aliphatic rings. The second-order valence-electron chi connectivity index (χ2n) is 11.2. The van der Waals surface area contributed by atoms with Crippen molar-refractivity contribution >= 4 is 67.4 Å². The molecule has 2 aromatic carbocycles. The lowest BCUT2D eigenvalue weighted by molar-refractivity contribution is -0.142. The number of hydrogen-bond donors (Lipinski definition) is 3. The van der Waals surface area contributed by atoms with Crippen molar-refractivity contribution in [1.82, 2.24) is 20.2 Å². The summed E-state index contributed by atoms with van der Waals surface area (Å²) in [6.07, 6.45) is 1.95. The second-order valence-corrected chi connectivity index (χ2v) is 14.8. The van der Waals surface area contributed by atoms with Gasteiger partial charge in [0.05, 0.1) is 38.3 Å². The number of methoxy groups -OCH3 is 1. The number of benzene rings is 2. The zero-order chi connectivity index (χ0) is 31.8. The molecular weight excluding hydrogens is 699 g/mol. The number of fused-ring (bicyclic) bond motifs is 1. The molecule has 44 heavy (non-hydrogen) atoms. The molecule has 2 atom stereocenters. The summed E-state index contributed by atoms with van der Waals surface area (Å²) >= 11 is 2.08. The van der Waals surface area contributed by atoms with Crippen LogP contribution in [0.3, 0.4) is 0 Å². The maximum atomic E-state index is 13.6. The van der Waals surface area contributed by atoms with Gasteiger partial charge in [-0.05, 0) is 86.5 Å². The monoisotopic (exact) mass is 734 g/mol. The van der Waals surface area contributed by atoms with E-state index >= 15 is 0 Å². The molecule has 0 saturated carbocycles. The van der Waals surface area contributed by atoms with E-state index in [1.807, 2.05) is 19.9 Å². The van der Waals surface area contributed by atoms with Gasteiger partial charge in [-0.25, -0.2) is 13.4 Å². The molecular formula is C30H35IN6O6S. The highest BCUT2D eigenvalue weighted by Crippen LogP contribution is 2.37. The minimum atomic E-state index is -3.55. The highest BCUT2D eigenvalue weighted by Gasteiger charge is 2.40. The Morgan fingerprint density at radius 1 is 1.14 bits per heavy atom. The number of nitrogens with one attached hydrogen (secondary N) is 3. The van der Waals surface area contributed by atoms with Gasteiger partial charge >= 0.3 is 5.97 Å². The van der Waals surface area contributed by atoms with Crippen molar-refractivity contribution in [3.8, 4) is 5.75 Å². The number of para-hydroxylation sites is 1. The van der Waals surface area contributed by atoms with E-state index < -0.39 is 21.1 Å². The van der Waals surface area contributed by atoms with E-state index in [2.05, 4.69) is 48.5 Å². The lowest BCUT2D eigenvalue weighted by atomic mass is 10.1. The summed E-state index contributed by atoms with van der Waals surface area (Å²) in [6, 6.07) is 9.71. The first-order valence-corrected chi connectivity index (χ1v) is 16.9. The number of sulfone groups is 1. The van der Waals surface area contributed by atoms with E-state index in [9.17, 15) is 18.0 Å². The van der Waals surface area contributed by atoms with Crippen molar-refractivity contribution < 1.29 is 27.5 Å². The number of halogens is 1. The van der Waals surface area contributed by atoms with Gasteiger partial charge < -0.3 is 30.3 Å². The SMILES string of the molecule is COC(=O)[C@@H]1C[C@@H](N2Cc3cc(OC(C)C)c(Nc4ncc(I)c(Nc5ccccc5S(=O)(=O)C(C)C)n4)cc3C2=O)CN1. The number of rotatable bonds is 10. The van der Waals surface area contributed by atoms with Crippen molar-refractivity contribution in [2.45, 2.75) is 69.0 Å². The van der Waals surface area contributed by atoms with Gasteiger partial charge in [-0.15, -0.1) is 0 Å². The Labute approximate surface area is 270 Å². The first-order chi connectivity index (χ1) is 20.9. The van der Waals surface area contributed by atoms with Gasteiger partial charge in [0.2, 0.25) is 5.95 Å². The van der Waals surface area contributed by atoms with Crippen LogP contribution in [0.5, 0.6) is 5.75 Å². The van der Waals surface area contributed by atoms with Crippen LogP contribution in [-0.4, -0.2) is 72.3 Å². The number of amides is 1. The normalized spacial score (nSPS) is 18.1. The largest absolute Gasteiger partial charge is 0.489 e. The summed E-state index contributed by atoms with van der Waals surface area (Å²) in [5.41, 5.74) is 2.28. The van der Waals surface area contributed by atoms with Crippen LogP contribution in [0.1, 0.15) is 50.0 Å². The number of aromatic nitrogens is 2. The highest BCUT2D eigenvalue weighted by molar-refractivity contribution is 14.1. The highest BCUT2D eigenvalue weighted by atomic mass is 127. The van der Waals surface area contributed by atoms with Gasteiger partial charge in [0.25, 0.3) is 5.91 Å². The Balaban J connectivity index is 1.43. The van der Waals surface area contributed by atoms with Gasteiger partial charge in [-0.1, -0.05) is 12.1 Å². The number of carbonyl (C=O) groups excluding carboxylic acids is 2. The molecule has 3 aromatic rings. The van der Waals surface area contributed by atoms with Crippen molar-refractivity contribution in [1.29, 1.82) is 0 Å². The minimum absolute atomic E-state index is 0.134. The molecule has 2 aliphatic heterocycles. The maximum Gasteiger partial charge on any atom is 0.322 e. The third-order valence-electron chi connectivity index (χ3n) is 7.49. The summed E-state index contributed by atoms with van der Waals surface area (Å²) in [6.45, 7) is 8.01. The van der Waals surface area contributed by atoms with Crippen LogP contribution in [0, 0.1) is 3.57 Å². The Hall–Kier alpha value is -3.50. The minimum Gasteiger partial charge on any atom is -0.489 e. The number of nitrogens with zero attached hydrogens (tertiary/aromatic N) is 3. The van der Waals surface area contributed by atoms with E-state index in [1.54, 1.807) is 55.3 Å². The first-order valence-electron chi connectivity index (χ1n) is 14.2. The zero-order valence-electron chi connectivity index (χ0n) is 25.0. The van der Waals surface area contributed by atoms with Gasteiger partial charge in [0, 0.05) is 30.9 Å². The first kappa shape index (κ1) is 31.9. The van der Waals surface area contributed by atoms with Crippen LogP contribution >= 0.6 is 22.6 Å². The Kier molecular flexibility index (Phi) is 9.32. The molecule has 234 valence electrons. The summed E-state index contributed by atoms with van der Waals surface area (Å²) < 4.78 is 37.6. The predicted octanol–water partition coefficient (Wildman–Crippen LogP) is 4.40. The number of esters is 1. The van der Waals surface area contributed by atoms with Gasteiger partial charge in [-0.3, -0.25) is 9.59 Å². The van der Waals surface area contributed by atoms with Crippen LogP contribution < -0.4 is 20.7 Å². The lowest BCUT2D eigenvalue weighted by Crippen LogP contribution is -2.36. The van der Waals surface area contributed by atoms with Gasteiger partial charge in [0.15, 0.2) is 9.84 Å². The smallest absolute Gasteiger partial charge is 0.322 e. The molecule has 1 aromatic heterocycles. The van der Waals surface area contributed by atoms with Crippen molar-refractivity contribution in [3.63, 3.8) is 0 Å². The second kappa shape index (κ2) is 12.9. The standard InChI is InChI=1S/C30H35IN6O6S/c1-16(2)43-25-10-18-15-37(19-11-24(32-13-19)29(39)42-5)28(38)20(18)12-23(25)35-30-33-14-21(31)27(36-30)34-22-8-6-7-9-26(22)44(40,41)17(3)4/h6-10,12,14,16-17,19,24,32H,11,13,15H2,1-5H3,(H2,33,34,35,36)/t19-,24+/m1/s1. The van der Waals surface area contributed by atoms with Crippen LogP contribution in [0.4, 0.5) is 23.1 Å². The van der Waals surface area contributed by atoms with Crippen molar-refractivity contribution in [2.75, 3.05) is 24.3 Å². The summed E-state index contributed by atoms with van der Waals surface area (Å²) in [5.74, 6) is 0.708. The van der Waals surface area contributed by atoms with E-state index in [0.717, 1.165) is 5.56 Å². The molecule has 14 heteroatoms. The summed E-state index contributed by atoms with van der Waals surface area (Å²) in [4.78, 5) is 36.6.